The van der Waals surface area contributed by atoms with E-state index in [-0.39, 0.29) is 41.4 Å². The number of fused-ring (bicyclic) bond motifs is 5. The van der Waals surface area contributed by atoms with E-state index in [0.717, 1.165) is 38.5 Å². The number of hydrogen-bond acceptors (Lipinski definition) is 8. The summed E-state index contributed by atoms with van der Waals surface area (Å²) in [5.41, 5.74) is 3.20. The Morgan fingerprint density at radius 2 is 1.76 bits per heavy atom. The summed E-state index contributed by atoms with van der Waals surface area (Å²) in [4.78, 5) is 35.9. The topological polar surface area (TPSA) is 113 Å². The molecule has 212 valence electrons. The molecular weight excluding hydrogens is 488 g/mol. The summed E-state index contributed by atoms with van der Waals surface area (Å²) < 4.78 is 22.9. The molecule has 9 heteroatoms. The van der Waals surface area contributed by atoms with Gasteiger partial charge >= 0.3 is 18.0 Å². The van der Waals surface area contributed by atoms with Crippen LogP contribution in [0.15, 0.2) is 16.8 Å². The van der Waals surface area contributed by atoms with Crippen LogP contribution in [0.25, 0.3) is 0 Å². The molecule has 0 bridgehead atoms. The van der Waals surface area contributed by atoms with Gasteiger partial charge in [0.25, 0.3) is 0 Å². The van der Waals surface area contributed by atoms with Crippen molar-refractivity contribution in [3.63, 3.8) is 0 Å². The van der Waals surface area contributed by atoms with Crippen LogP contribution in [-0.2, 0) is 28.5 Å². The summed E-state index contributed by atoms with van der Waals surface area (Å²) in [6.45, 7) is 11.3. The SMILES string of the molecule is CCOC(=O)N/N=C(/C)[C@]1(OC)[C@@H](OC(C)=O)C[C@@H]2[C@H]3CC=C4C[C@@H](OC(C)=O)CC[C@]4(C)[C@@H]3CC[C@@]21C. The van der Waals surface area contributed by atoms with Crippen molar-refractivity contribution in [2.24, 2.45) is 33.7 Å². The average molecular weight is 533 g/mol. The second-order valence-electron chi connectivity index (χ2n) is 12.0. The van der Waals surface area contributed by atoms with Gasteiger partial charge in [-0.05, 0) is 75.5 Å². The Bertz CT molecular complexity index is 1020. The number of nitrogens with one attached hydrogen (secondary N) is 1. The Hall–Kier alpha value is -2.42. The standard InChI is InChI=1S/C29H44N2O7/c1-8-36-26(34)31-30-17(2)29(35-7)25(38-19(4)33)16-24-22-10-9-20-15-21(37-18(3)32)11-13-27(20,5)23(22)12-14-28(24,29)6/h9,21-25H,8,10-16H2,1-7H3,(H,31,34)/b30-17-/t21-,22-,23+,24+,25-,27-,28-,29-/m0/s1. The minimum atomic E-state index is -0.980. The molecule has 1 amide bonds. The van der Waals surface area contributed by atoms with Gasteiger partial charge in [-0.15, -0.1) is 0 Å². The average Bonchev–Trinajstić information content (AvgIpc) is 3.10. The summed E-state index contributed by atoms with van der Waals surface area (Å²) in [6.07, 6.45) is 7.38. The number of methoxy groups -OCH3 is 1. The van der Waals surface area contributed by atoms with Crippen molar-refractivity contribution in [2.75, 3.05) is 13.7 Å². The molecular formula is C29H44N2O7. The minimum Gasteiger partial charge on any atom is -0.462 e. The second kappa shape index (κ2) is 10.6. The summed E-state index contributed by atoms with van der Waals surface area (Å²) >= 11 is 0. The fourth-order valence-electron chi connectivity index (χ4n) is 8.81. The van der Waals surface area contributed by atoms with E-state index in [0.29, 0.717) is 24.0 Å². The number of esters is 2. The number of hydrazone groups is 1. The molecule has 8 atom stereocenters. The molecule has 0 spiro atoms. The number of rotatable bonds is 6. The maximum absolute atomic E-state index is 12.3. The summed E-state index contributed by atoms with van der Waals surface area (Å²) in [5.74, 6) is 0.546. The molecule has 0 aliphatic heterocycles. The zero-order valence-electron chi connectivity index (χ0n) is 23.9. The van der Waals surface area contributed by atoms with E-state index in [1.165, 1.54) is 19.4 Å². The zero-order valence-corrected chi connectivity index (χ0v) is 23.9. The van der Waals surface area contributed by atoms with Gasteiger partial charge in [0.2, 0.25) is 0 Å². The van der Waals surface area contributed by atoms with Crippen LogP contribution in [0.4, 0.5) is 4.79 Å². The number of carbonyl (C=O) groups excluding carboxylic acids is 3. The van der Waals surface area contributed by atoms with Crippen LogP contribution in [0.2, 0.25) is 0 Å². The van der Waals surface area contributed by atoms with Crippen molar-refractivity contribution in [3.05, 3.63) is 11.6 Å². The lowest BCUT2D eigenvalue weighted by molar-refractivity contribution is -0.167. The summed E-state index contributed by atoms with van der Waals surface area (Å²) in [6, 6.07) is 0. The molecule has 0 radical (unpaired) electrons. The van der Waals surface area contributed by atoms with Crippen molar-refractivity contribution in [1.82, 2.24) is 5.43 Å². The van der Waals surface area contributed by atoms with Crippen molar-refractivity contribution in [1.29, 1.82) is 0 Å². The quantitative estimate of drug-likeness (QED) is 0.170. The van der Waals surface area contributed by atoms with Crippen molar-refractivity contribution in [2.45, 2.75) is 104 Å². The Balaban J connectivity index is 1.68. The van der Waals surface area contributed by atoms with Crippen LogP contribution in [0.5, 0.6) is 0 Å². The van der Waals surface area contributed by atoms with Gasteiger partial charge in [-0.25, -0.2) is 10.2 Å². The van der Waals surface area contributed by atoms with E-state index in [9.17, 15) is 14.4 Å². The minimum absolute atomic E-state index is 0.0380. The van der Waals surface area contributed by atoms with E-state index in [4.69, 9.17) is 18.9 Å². The lowest BCUT2D eigenvalue weighted by Crippen LogP contribution is -2.61. The molecule has 1 N–H and O–H groups in total. The molecule has 0 saturated heterocycles. The Morgan fingerprint density at radius 1 is 1.05 bits per heavy atom. The number of allylic oxidation sites excluding steroid dienone is 1. The maximum atomic E-state index is 12.3. The highest BCUT2D eigenvalue weighted by molar-refractivity contribution is 5.93. The third-order valence-electron chi connectivity index (χ3n) is 10.3. The third-order valence-corrected chi connectivity index (χ3v) is 10.3. The van der Waals surface area contributed by atoms with Crippen LogP contribution in [0.3, 0.4) is 0 Å². The molecule has 0 aromatic rings. The van der Waals surface area contributed by atoms with E-state index in [1.807, 2.05) is 6.92 Å². The molecule has 4 aliphatic carbocycles. The van der Waals surface area contributed by atoms with Gasteiger partial charge in [0.1, 0.15) is 17.8 Å². The van der Waals surface area contributed by atoms with Crippen LogP contribution in [0.1, 0.15) is 86.5 Å². The molecule has 0 aromatic heterocycles. The van der Waals surface area contributed by atoms with E-state index < -0.39 is 17.8 Å². The fourth-order valence-corrected chi connectivity index (χ4v) is 8.81. The van der Waals surface area contributed by atoms with E-state index in [1.54, 1.807) is 14.0 Å². The fraction of sp³-hybridized carbons (Fsp3) is 0.793. The first-order chi connectivity index (χ1) is 17.9. The van der Waals surface area contributed by atoms with Gasteiger partial charge in [0.05, 0.1) is 12.3 Å². The Labute approximate surface area is 226 Å². The molecule has 3 fully saturated rings. The number of carbonyl (C=O) groups is 3. The lowest BCUT2D eigenvalue weighted by Gasteiger charge is -2.59. The first-order valence-corrected chi connectivity index (χ1v) is 14.0. The number of nitrogens with zero attached hydrogens (tertiary/aromatic N) is 1. The third kappa shape index (κ3) is 4.54. The normalized spacial score (nSPS) is 40.1. The molecule has 38 heavy (non-hydrogen) atoms. The van der Waals surface area contributed by atoms with Crippen molar-refractivity contribution in [3.8, 4) is 0 Å². The highest BCUT2D eigenvalue weighted by atomic mass is 16.6. The maximum Gasteiger partial charge on any atom is 0.427 e. The number of ether oxygens (including phenoxy) is 4. The predicted molar refractivity (Wildman–Crippen MR) is 141 cm³/mol. The largest absolute Gasteiger partial charge is 0.462 e. The molecule has 3 saturated carbocycles. The molecule has 9 nitrogen and oxygen atoms in total. The number of hydrogen-bond donors (Lipinski definition) is 1. The van der Waals surface area contributed by atoms with Crippen LogP contribution in [0, 0.1) is 28.6 Å². The first kappa shape index (κ1) is 28.6. The van der Waals surface area contributed by atoms with Gasteiger partial charge in [0.15, 0.2) is 0 Å². The van der Waals surface area contributed by atoms with Crippen LogP contribution < -0.4 is 5.43 Å². The van der Waals surface area contributed by atoms with Gasteiger partial charge in [0, 0.05) is 32.8 Å². The molecule has 0 heterocycles. The lowest BCUT2D eigenvalue weighted by atomic mass is 9.46. The molecule has 0 aromatic carbocycles. The smallest absolute Gasteiger partial charge is 0.427 e. The van der Waals surface area contributed by atoms with Crippen molar-refractivity contribution < 1.29 is 33.3 Å². The van der Waals surface area contributed by atoms with E-state index in [2.05, 4.69) is 30.5 Å². The Kier molecular flexibility index (Phi) is 7.99. The summed E-state index contributed by atoms with van der Waals surface area (Å²) in [5, 5.41) is 4.40. The molecule has 0 unspecified atom stereocenters. The molecule has 4 rings (SSSR count). The first-order valence-electron chi connectivity index (χ1n) is 14.0. The highest BCUT2D eigenvalue weighted by Gasteiger charge is 2.70. The van der Waals surface area contributed by atoms with Crippen LogP contribution >= 0.6 is 0 Å². The highest BCUT2D eigenvalue weighted by Crippen LogP contribution is 2.68. The van der Waals surface area contributed by atoms with Gasteiger partial charge < -0.3 is 18.9 Å². The van der Waals surface area contributed by atoms with Gasteiger partial charge in [-0.2, -0.15) is 5.10 Å². The van der Waals surface area contributed by atoms with Crippen molar-refractivity contribution >= 4 is 23.7 Å². The van der Waals surface area contributed by atoms with E-state index >= 15 is 0 Å². The molecule has 4 aliphatic rings. The monoisotopic (exact) mass is 532 g/mol. The second-order valence-corrected chi connectivity index (χ2v) is 12.0. The van der Waals surface area contributed by atoms with Gasteiger partial charge in [-0.1, -0.05) is 25.5 Å². The van der Waals surface area contributed by atoms with Gasteiger partial charge in [-0.3, -0.25) is 9.59 Å². The predicted octanol–water partition coefficient (Wildman–Crippen LogP) is 4.93. The van der Waals surface area contributed by atoms with Crippen LogP contribution in [-0.4, -0.2) is 55.3 Å². The zero-order chi connectivity index (χ0) is 27.9. The summed E-state index contributed by atoms with van der Waals surface area (Å²) in [7, 11) is 1.65. The Morgan fingerprint density at radius 3 is 2.39 bits per heavy atom. The number of amides is 1.